The van der Waals surface area contributed by atoms with Crippen LogP contribution in [0.2, 0.25) is 0 Å². The van der Waals surface area contributed by atoms with E-state index in [9.17, 15) is 9.59 Å². The molecule has 0 fully saturated rings. The molecule has 2 N–H and O–H groups in total. The van der Waals surface area contributed by atoms with Crippen LogP contribution in [0.5, 0.6) is 0 Å². The van der Waals surface area contributed by atoms with E-state index in [0.29, 0.717) is 11.6 Å². The number of esters is 1. The number of para-hydroxylation sites is 1. The molecule has 0 aliphatic heterocycles. The number of nitrogens with zero attached hydrogens (tertiary/aromatic N) is 2. The second-order valence-electron chi connectivity index (χ2n) is 5.06. The lowest BCUT2D eigenvalue weighted by Crippen LogP contribution is -2.19. The van der Waals surface area contributed by atoms with E-state index in [0.717, 1.165) is 0 Å². The van der Waals surface area contributed by atoms with Crippen LogP contribution < -0.4 is 10.6 Å². The van der Waals surface area contributed by atoms with Crippen LogP contribution in [-0.2, 0) is 4.74 Å². The first-order valence-electron chi connectivity index (χ1n) is 7.09. The maximum absolute atomic E-state index is 12.3. The number of ether oxygens (including phenoxy) is 1. The standard InChI is InChI=1S/C16H18N4O3/c1-10(2)18-16-17-9-8-13(20-16)14(21)19-12-7-5-4-6-11(12)15(22)23-3/h4-10H,1-3H3,(H,19,21)(H,17,18,20). The molecule has 0 radical (unpaired) electrons. The molecule has 120 valence electrons. The molecule has 1 heterocycles. The predicted octanol–water partition coefficient (Wildman–Crippen LogP) is 2.34. The topological polar surface area (TPSA) is 93.2 Å². The van der Waals surface area contributed by atoms with Gasteiger partial charge in [0.15, 0.2) is 0 Å². The van der Waals surface area contributed by atoms with E-state index in [4.69, 9.17) is 4.74 Å². The maximum Gasteiger partial charge on any atom is 0.339 e. The summed E-state index contributed by atoms with van der Waals surface area (Å²) in [5.74, 6) is -0.588. The van der Waals surface area contributed by atoms with Crippen molar-refractivity contribution in [2.45, 2.75) is 19.9 Å². The fraction of sp³-hybridized carbons (Fsp3) is 0.250. The van der Waals surface area contributed by atoms with Crippen molar-refractivity contribution in [1.82, 2.24) is 9.97 Å². The number of hydrogen-bond donors (Lipinski definition) is 2. The van der Waals surface area contributed by atoms with Crippen LogP contribution in [0.1, 0.15) is 34.7 Å². The fourth-order valence-electron chi connectivity index (χ4n) is 1.88. The molecule has 1 amide bonds. The smallest absolute Gasteiger partial charge is 0.339 e. The Morgan fingerprint density at radius 3 is 2.61 bits per heavy atom. The minimum atomic E-state index is -0.522. The zero-order valence-electron chi connectivity index (χ0n) is 13.2. The van der Waals surface area contributed by atoms with Gasteiger partial charge in [-0.2, -0.15) is 0 Å². The lowest BCUT2D eigenvalue weighted by atomic mass is 10.1. The summed E-state index contributed by atoms with van der Waals surface area (Å²) in [7, 11) is 1.29. The lowest BCUT2D eigenvalue weighted by molar-refractivity contribution is 0.0602. The molecule has 1 aromatic heterocycles. The third kappa shape index (κ3) is 4.26. The van der Waals surface area contributed by atoms with Crippen molar-refractivity contribution in [2.75, 3.05) is 17.7 Å². The highest BCUT2D eigenvalue weighted by molar-refractivity contribution is 6.07. The zero-order chi connectivity index (χ0) is 16.8. The van der Waals surface area contributed by atoms with E-state index in [1.807, 2.05) is 13.8 Å². The average Bonchev–Trinajstić information content (AvgIpc) is 2.54. The molecule has 23 heavy (non-hydrogen) atoms. The van der Waals surface area contributed by atoms with Crippen molar-refractivity contribution in [2.24, 2.45) is 0 Å². The number of amides is 1. The first-order valence-corrected chi connectivity index (χ1v) is 7.09. The molecule has 0 saturated carbocycles. The molecular formula is C16H18N4O3. The molecule has 7 heteroatoms. The van der Waals surface area contributed by atoms with Crippen LogP contribution in [0.25, 0.3) is 0 Å². The summed E-state index contributed by atoms with van der Waals surface area (Å²) in [6.45, 7) is 3.89. The first-order chi connectivity index (χ1) is 11.0. The number of hydrogen-bond acceptors (Lipinski definition) is 6. The van der Waals surface area contributed by atoms with Crippen LogP contribution in [0.4, 0.5) is 11.6 Å². The zero-order valence-corrected chi connectivity index (χ0v) is 13.2. The average molecular weight is 314 g/mol. The second-order valence-corrected chi connectivity index (χ2v) is 5.06. The predicted molar refractivity (Wildman–Crippen MR) is 86.5 cm³/mol. The summed E-state index contributed by atoms with van der Waals surface area (Å²) in [5, 5.41) is 5.69. The summed E-state index contributed by atoms with van der Waals surface area (Å²) < 4.78 is 4.70. The number of methoxy groups -OCH3 is 1. The van der Waals surface area contributed by atoms with Crippen molar-refractivity contribution in [3.05, 3.63) is 47.8 Å². The Labute approximate surface area is 134 Å². The van der Waals surface area contributed by atoms with Gasteiger partial charge in [0.1, 0.15) is 5.69 Å². The van der Waals surface area contributed by atoms with Gasteiger partial charge in [0.05, 0.1) is 18.4 Å². The van der Waals surface area contributed by atoms with Crippen molar-refractivity contribution in [1.29, 1.82) is 0 Å². The Balaban J connectivity index is 2.21. The third-order valence-electron chi connectivity index (χ3n) is 2.89. The van der Waals surface area contributed by atoms with Gasteiger partial charge in [0.2, 0.25) is 5.95 Å². The van der Waals surface area contributed by atoms with Gasteiger partial charge >= 0.3 is 5.97 Å². The van der Waals surface area contributed by atoms with Crippen molar-refractivity contribution >= 4 is 23.5 Å². The van der Waals surface area contributed by atoms with Gasteiger partial charge in [-0.15, -0.1) is 0 Å². The van der Waals surface area contributed by atoms with Gasteiger partial charge in [-0.3, -0.25) is 4.79 Å². The summed E-state index contributed by atoms with van der Waals surface area (Å²) in [4.78, 5) is 32.3. The Hall–Kier alpha value is -2.96. The van der Waals surface area contributed by atoms with Crippen molar-refractivity contribution in [3.63, 3.8) is 0 Å². The molecule has 0 atom stereocenters. The van der Waals surface area contributed by atoms with Crippen LogP contribution in [0, 0.1) is 0 Å². The van der Waals surface area contributed by atoms with Gasteiger partial charge in [-0.05, 0) is 32.0 Å². The minimum Gasteiger partial charge on any atom is -0.465 e. The lowest BCUT2D eigenvalue weighted by Gasteiger charge is -2.11. The number of nitrogens with one attached hydrogen (secondary N) is 2. The molecule has 0 bridgehead atoms. The first kappa shape index (κ1) is 16.4. The summed E-state index contributed by atoms with van der Waals surface area (Å²) >= 11 is 0. The SMILES string of the molecule is COC(=O)c1ccccc1NC(=O)c1ccnc(NC(C)C)n1. The second kappa shape index (κ2) is 7.35. The molecule has 1 aromatic carbocycles. The van der Waals surface area contributed by atoms with E-state index in [-0.39, 0.29) is 17.3 Å². The highest BCUT2D eigenvalue weighted by Gasteiger charge is 2.15. The molecular weight excluding hydrogens is 296 g/mol. The van der Waals surface area contributed by atoms with Crippen molar-refractivity contribution in [3.8, 4) is 0 Å². The number of carbonyl (C=O) groups is 2. The highest BCUT2D eigenvalue weighted by Crippen LogP contribution is 2.17. The third-order valence-corrected chi connectivity index (χ3v) is 2.89. The number of carbonyl (C=O) groups excluding carboxylic acids is 2. The van der Waals surface area contributed by atoms with E-state index >= 15 is 0 Å². The number of aromatic nitrogens is 2. The Morgan fingerprint density at radius 1 is 1.17 bits per heavy atom. The molecule has 0 aliphatic rings. The number of rotatable bonds is 5. The summed E-state index contributed by atoms with van der Waals surface area (Å²) in [6.07, 6.45) is 1.50. The van der Waals surface area contributed by atoms with Crippen LogP contribution in [0.3, 0.4) is 0 Å². The molecule has 7 nitrogen and oxygen atoms in total. The summed E-state index contributed by atoms with van der Waals surface area (Å²) in [5.41, 5.74) is 0.835. The van der Waals surface area contributed by atoms with Gasteiger partial charge in [-0.25, -0.2) is 14.8 Å². The fourth-order valence-corrected chi connectivity index (χ4v) is 1.88. The van der Waals surface area contributed by atoms with Crippen LogP contribution in [0.15, 0.2) is 36.5 Å². The monoisotopic (exact) mass is 314 g/mol. The Morgan fingerprint density at radius 2 is 1.91 bits per heavy atom. The van der Waals surface area contributed by atoms with E-state index in [2.05, 4.69) is 20.6 Å². The molecule has 0 spiro atoms. The Kier molecular flexibility index (Phi) is 5.24. The summed E-state index contributed by atoms with van der Waals surface area (Å²) in [6, 6.07) is 8.26. The quantitative estimate of drug-likeness (QED) is 0.823. The molecule has 0 aliphatic carbocycles. The van der Waals surface area contributed by atoms with E-state index in [1.54, 1.807) is 24.3 Å². The largest absolute Gasteiger partial charge is 0.465 e. The van der Waals surface area contributed by atoms with Gasteiger partial charge in [-0.1, -0.05) is 12.1 Å². The van der Waals surface area contributed by atoms with Gasteiger partial charge < -0.3 is 15.4 Å². The molecule has 2 rings (SSSR count). The number of anilines is 2. The van der Waals surface area contributed by atoms with Crippen LogP contribution >= 0.6 is 0 Å². The molecule has 2 aromatic rings. The van der Waals surface area contributed by atoms with Gasteiger partial charge in [0.25, 0.3) is 5.91 Å². The molecule has 0 unspecified atom stereocenters. The normalized spacial score (nSPS) is 10.3. The minimum absolute atomic E-state index is 0.147. The number of benzene rings is 1. The molecule has 0 saturated heterocycles. The van der Waals surface area contributed by atoms with E-state index in [1.165, 1.54) is 19.4 Å². The Bertz CT molecular complexity index is 716. The van der Waals surface area contributed by atoms with Crippen LogP contribution in [-0.4, -0.2) is 35.0 Å². The van der Waals surface area contributed by atoms with E-state index < -0.39 is 11.9 Å². The van der Waals surface area contributed by atoms with Gasteiger partial charge in [0, 0.05) is 12.2 Å². The highest BCUT2D eigenvalue weighted by atomic mass is 16.5. The van der Waals surface area contributed by atoms with Crippen molar-refractivity contribution < 1.29 is 14.3 Å². The maximum atomic E-state index is 12.3.